The van der Waals surface area contributed by atoms with Crippen LogP contribution in [0.4, 0.5) is 5.69 Å². The van der Waals surface area contributed by atoms with E-state index in [4.69, 9.17) is 18.9 Å². The third kappa shape index (κ3) is 6.41. The maximum absolute atomic E-state index is 14.6. The Hall–Kier alpha value is -4.17. The lowest BCUT2D eigenvalue weighted by Crippen LogP contribution is -2.56. The molecule has 16 heteroatoms. The first kappa shape index (κ1) is 37.6. The van der Waals surface area contributed by atoms with Crippen LogP contribution in [0.25, 0.3) is 0 Å². The molecular formula is C36H44N4O11S. The number of nitrogens with zero attached hydrogens (tertiary/aromatic N) is 4. The quantitative estimate of drug-likeness (QED) is 0.202. The van der Waals surface area contributed by atoms with E-state index >= 15 is 0 Å². The largest absolute Gasteiger partial charge is 0.463 e. The Morgan fingerprint density at radius 3 is 2.37 bits per heavy atom. The second-order valence-corrected chi connectivity index (χ2v) is 16.7. The highest BCUT2D eigenvalue weighted by Crippen LogP contribution is 2.46. The number of nitro benzene ring substituents is 1. The summed E-state index contributed by atoms with van der Waals surface area (Å²) in [6, 6.07) is 6.40. The van der Waals surface area contributed by atoms with Crippen molar-refractivity contribution < 1.29 is 41.9 Å². The van der Waals surface area contributed by atoms with Crippen LogP contribution >= 0.6 is 0 Å². The minimum absolute atomic E-state index is 0.000525. The minimum atomic E-state index is -4.41. The number of hydrogen-bond donors (Lipinski definition) is 0. The zero-order valence-corrected chi connectivity index (χ0v) is 30.6. The van der Waals surface area contributed by atoms with Gasteiger partial charge in [0.2, 0.25) is 21.4 Å². The van der Waals surface area contributed by atoms with Crippen molar-refractivity contribution in [2.45, 2.75) is 102 Å². The maximum Gasteiger partial charge on any atom is 0.355 e. The van der Waals surface area contributed by atoms with E-state index in [9.17, 15) is 38.2 Å². The second kappa shape index (κ2) is 14.0. The van der Waals surface area contributed by atoms with Crippen molar-refractivity contribution in [3.63, 3.8) is 0 Å². The molecule has 1 aromatic heterocycles. The molecule has 4 heterocycles. The van der Waals surface area contributed by atoms with Crippen LogP contribution in [0.2, 0.25) is 0 Å². The van der Waals surface area contributed by atoms with E-state index in [1.54, 1.807) is 13.8 Å². The average Bonchev–Trinajstić information content (AvgIpc) is 3.49. The van der Waals surface area contributed by atoms with Gasteiger partial charge in [-0.2, -0.15) is 9.57 Å². The summed E-state index contributed by atoms with van der Waals surface area (Å²) in [6.45, 7) is 7.74. The monoisotopic (exact) mass is 740 g/mol. The van der Waals surface area contributed by atoms with E-state index in [-0.39, 0.29) is 78.0 Å². The number of rotatable bonds is 9. The number of non-ortho nitro benzene ring substituents is 1. The van der Waals surface area contributed by atoms with Gasteiger partial charge in [0.25, 0.3) is 11.2 Å². The number of carbonyl (C=O) groups is 2. The van der Waals surface area contributed by atoms with Crippen LogP contribution in [0.1, 0.15) is 89.5 Å². The van der Waals surface area contributed by atoms with E-state index in [0.29, 0.717) is 13.2 Å². The lowest BCUT2D eigenvalue weighted by molar-refractivity contribution is -0.384. The fraction of sp³-hybridized carbons (Fsp3) is 0.611. The molecule has 0 bridgehead atoms. The summed E-state index contributed by atoms with van der Waals surface area (Å²) < 4.78 is 55.1. The molecule has 4 aliphatic rings. The predicted octanol–water partition coefficient (Wildman–Crippen LogP) is 4.24. The van der Waals surface area contributed by atoms with E-state index in [2.05, 4.69) is 0 Å². The number of nitro groups is 1. The number of esters is 2. The summed E-state index contributed by atoms with van der Waals surface area (Å²) in [5.74, 6) is -3.45. The highest BCUT2D eigenvalue weighted by molar-refractivity contribution is 7.89. The Morgan fingerprint density at radius 2 is 1.77 bits per heavy atom. The lowest BCUT2D eigenvalue weighted by Gasteiger charge is -2.45. The van der Waals surface area contributed by atoms with Crippen LogP contribution in [-0.2, 0) is 56.5 Å². The first-order valence-electron chi connectivity index (χ1n) is 17.8. The Bertz CT molecular complexity index is 1960. The molecule has 3 fully saturated rings. The molecule has 0 amide bonds. The van der Waals surface area contributed by atoms with Gasteiger partial charge in [0.05, 0.1) is 35.3 Å². The number of aromatic nitrogens is 1. The standard InChI is InChI=1S/C36H44N4O11S/c1-5-35(33(43)48-6-2,28-18-30-36(49-21-34(3,4)22-50-36)15-16-38(30)31(41)27(28)19-37)51-32(42)29-17-23-9-7-8-10-24(23)20-39(29)52(46,47)26-13-11-25(12-14-26)40(44)45/h11-14,18,23-24,29H,5-10,15-17,20-22H2,1-4H3/t23?,24?,29-,35-/m0/s1. The minimum Gasteiger partial charge on any atom is -0.463 e. The number of benzene rings is 1. The van der Waals surface area contributed by atoms with Gasteiger partial charge in [-0.3, -0.25) is 19.7 Å². The normalized spacial score (nSPS) is 24.9. The Labute approximate surface area is 302 Å². The molecule has 0 N–H and O–H groups in total. The van der Waals surface area contributed by atoms with Crippen LogP contribution in [0.3, 0.4) is 0 Å². The van der Waals surface area contributed by atoms with E-state index < -0.39 is 55.4 Å². The van der Waals surface area contributed by atoms with Gasteiger partial charge in [-0.25, -0.2) is 13.2 Å². The highest BCUT2D eigenvalue weighted by atomic mass is 32.2. The molecule has 6 rings (SSSR count). The maximum atomic E-state index is 14.6. The van der Waals surface area contributed by atoms with Crippen molar-refractivity contribution in [2.24, 2.45) is 17.3 Å². The van der Waals surface area contributed by atoms with Crippen LogP contribution in [-0.4, -0.2) is 66.6 Å². The number of fused-ring (bicyclic) bond motifs is 3. The SMILES string of the molecule is CCOC(=O)[C@@](CC)(OC(=O)[C@@H]1CC2CCCCC2CN1S(=O)(=O)c1ccc([N+](=O)[O-])cc1)c1cc2n(c(=O)c1C#N)CCC21OCC(C)(C)CO1. The molecule has 15 nitrogen and oxygen atoms in total. The zero-order chi connectivity index (χ0) is 37.6. The summed E-state index contributed by atoms with van der Waals surface area (Å²) in [6.07, 6.45) is 3.46. The Balaban J connectivity index is 1.45. The molecule has 2 unspecified atom stereocenters. The lowest BCUT2D eigenvalue weighted by atomic mass is 9.73. The molecular weight excluding hydrogens is 696 g/mol. The zero-order valence-electron chi connectivity index (χ0n) is 29.8. The van der Waals surface area contributed by atoms with Crippen LogP contribution < -0.4 is 5.56 Å². The number of ether oxygens (including phenoxy) is 4. The van der Waals surface area contributed by atoms with E-state index in [1.165, 1.54) is 10.6 Å². The molecule has 4 atom stereocenters. The van der Waals surface area contributed by atoms with Gasteiger partial charge in [0.15, 0.2) is 0 Å². The van der Waals surface area contributed by atoms with Crippen LogP contribution in [0, 0.1) is 38.7 Å². The summed E-state index contributed by atoms with van der Waals surface area (Å²) in [5, 5.41) is 21.6. The molecule has 1 saturated carbocycles. The molecule has 280 valence electrons. The van der Waals surface area contributed by atoms with Crippen molar-refractivity contribution in [3.8, 4) is 6.07 Å². The van der Waals surface area contributed by atoms with Crippen molar-refractivity contribution >= 4 is 27.6 Å². The topological polar surface area (TPSA) is 197 Å². The van der Waals surface area contributed by atoms with Crippen molar-refractivity contribution in [1.82, 2.24) is 8.87 Å². The number of pyridine rings is 1. The van der Waals surface area contributed by atoms with Crippen LogP contribution in [0.15, 0.2) is 40.0 Å². The second-order valence-electron chi connectivity index (χ2n) is 14.8. The van der Waals surface area contributed by atoms with Gasteiger partial charge in [-0.1, -0.05) is 40.0 Å². The number of piperidine rings is 1. The van der Waals surface area contributed by atoms with E-state index in [0.717, 1.165) is 54.3 Å². The summed E-state index contributed by atoms with van der Waals surface area (Å²) in [7, 11) is -4.41. The Kier molecular flexibility index (Phi) is 10.1. The summed E-state index contributed by atoms with van der Waals surface area (Å²) >= 11 is 0. The van der Waals surface area contributed by atoms with Crippen LogP contribution in [0.5, 0.6) is 0 Å². The molecule has 2 saturated heterocycles. The third-order valence-corrected chi connectivity index (χ3v) is 12.8. The first-order valence-corrected chi connectivity index (χ1v) is 19.2. The predicted molar refractivity (Wildman–Crippen MR) is 183 cm³/mol. The fourth-order valence-electron chi connectivity index (χ4n) is 8.05. The van der Waals surface area contributed by atoms with E-state index in [1.807, 2.05) is 19.9 Å². The average molecular weight is 741 g/mol. The number of hydrogen-bond acceptors (Lipinski definition) is 12. The summed E-state index contributed by atoms with van der Waals surface area (Å²) in [5.41, 5.74) is -3.99. The molecule has 52 heavy (non-hydrogen) atoms. The van der Waals surface area contributed by atoms with Gasteiger partial charge >= 0.3 is 11.9 Å². The summed E-state index contributed by atoms with van der Waals surface area (Å²) in [4.78, 5) is 53.1. The number of nitriles is 1. The van der Waals surface area contributed by atoms with Crippen molar-refractivity contribution in [2.75, 3.05) is 26.4 Å². The molecule has 1 aromatic carbocycles. The van der Waals surface area contributed by atoms with Gasteiger partial charge < -0.3 is 23.5 Å². The van der Waals surface area contributed by atoms with Gasteiger partial charge in [0.1, 0.15) is 17.7 Å². The van der Waals surface area contributed by atoms with Gasteiger partial charge in [-0.05, 0) is 56.2 Å². The Morgan fingerprint density at radius 1 is 1.12 bits per heavy atom. The smallest absolute Gasteiger partial charge is 0.355 e. The fourth-order valence-corrected chi connectivity index (χ4v) is 9.70. The molecule has 1 aliphatic carbocycles. The third-order valence-electron chi connectivity index (χ3n) is 11.0. The van der Waals surface area contributed by atoms with Crippen molar-refractivity contribution in [3.05, 3.63) is 67.6 Å². The first-order chi connectivity index (χ1) is 24.6. The van der Waals surface area contributed by atoms with Gasteiger partial charge in [0, 0.05) is 42.6 Å². The van der Waals surface area contributed by atoms with Crippen molar-refractivity contribution in [1.29, 1.82) is 5.26 Å². The highest BCUT2D eigenvalue weighted by Gasteiger charge is 2.54. The molecule has 3 aliphatic heterocycles. The molecule has 2 aromatic rings. The number of sulfonamides is 1. The molecule has 0 radical (unpaired) electrons. The van der Waals surface area contributed by atoms with Gasteiger partial charge in [-0.15, -0.1) is 0 Å². The molecule has 1 spiro atoms. The number of carbonyl (C=O) groups excluding carboxylic acids is 2.